The van der Waals surface area contributed by atoms with Crippen molar-refractivity contribution in [3.05, 3.63) is 32.7 Å². The van der Waals surface area contributed by atoms with Crippen LogP contribution >= 0.6 is 31.9 Å². The molecule has 17 heavy (non-hydrogen) atoms. The van der Waals surface area contributed by atoms with Gasteiger partial charge in [-0.15, -0.1) is 0 Å². The van der Waals surface area contributed by atoms with Crippen LogP contribution in [0.1, 0.15) is 25.3 Å². The van der Waals surface area contributed by atoms with Crippen molar-refractivity contribution >= 4 is 37.7 Å². The molecule has 0 spiro atoms. The van der Waals surface area contributed by atoms with Crippen LogP contribution in [0.5, 0.6) is 0 Å². The Morgan fingerprint density at radius 2 is 2.00 bits per heavy atom. The molecule has 1 heterocycles. The fourth-order valence-electron chi connectivity index (χ4n) is 1.74. The van der Waals surface area contributed by atoms with Crippen molar-refractivity contribution in [2.45, 2.75) is 19.8 Å². The summed E-state index contributed by atoms with van der Waals surface area (Å²) in [6, 6.07) is 5.90. The van der Waals surface area contributed by atoms with Gasteiger partial charge in [-0.2, -0.15) is 0 Å². The molecule has 0 saturated heterocycles. The van der Waals surface area contributed by atoms with E-state index in [0.29, 0.717) is 5.82 Å². The lowest BCUT2D eigenvalue weighted by Crippen LogP contribution is -1.95. The van der Waals surface area contributed by atoms with E-state index in [9.17, 15) is 0 Å². The SMILES string of the molecule is CC(C)c1c(N)noc1-c1ccc(Br)cc1Br. The monoisotopic (exact) mass is 358 g/mol. The van der Waals surface area contributed by atoms with Gasteiger partial charge in [0.15, 0.2) is 11.6 Å². The van der Waals surface area contributed by atoms with Gasteiger partial charge in [0.25, 0.3) is 0 Å². The number of nitrogen functional groups attached to an aromatic ring is 1. The molecule has 0 bridgehead atoms. The topological polar surface area (TPSA) is 52.0 Å². The van der Waals surface area contributed by atoms with Crippen LogP contribution in [0.25, 0.3) is 11.3 Å². The number of halogens is 2. The van der Waals surface area contributed by atoms with Gasteiger partial charge in [-0.3, -0.25) is 0 Å². The minimum Gasteiger partial charge on any atom is -0.381 e. The fraction of sp³-hybridized carbons (Fsp3) is 0.250. The Balaban J connectivity index is 2.61. The summed E-state index contributed by atoms with van der Waals surface area (Å²) in [5.74, 6) is 1.47. The molecule has 0 aliphatic carbocycles. The van der Waals surface area contributed by atoms with Gasteiger partial charge in [-0.25, -0.2) is 0 Å². The van der Waals surface area contributed by atoms with E-state index in [0.717, 1.165) is 25.8 Å². The normalized spacial score (nSPS) is 11.1. The first-order chi connectivity index (χ1) is 8.00. The third-order valence-electron chi connectivity index (χ3n) is 2.51. The maximum atomic E-state index is 5.83. The summed E-state index contributed by atoms with van der Waals surface area (Å²) in [6.07, 6.45) is 0. The standard InChI is InChI=1S/C12H12Br2N2O/c1-6(2)10-11(17-16-12(10)15)8-4-3-7(13)5-9(8)14/h3-6H,1-2H3,(H2,15,16). The number of rotatable bonds is 2. The van der Waals surface area contributed by atoms with Gasteiger partial charge >= 0.3 is 0 Å². The second kappa shape index (κ2) is 4.82. The summed E-state index contributed by atoms with van der Waals surface area (Å²) in [5, 5.41) is 3.85. The second-order valence-corrected chi connectivity index (χ2v) is 5.86. The molecule has 0 radical (unpaired) electrons. The summed E-state index contributed by atoms with van der Waals surface area (Å²) < 4.78 is 7.30. The molecule has 5 heteroatoms. The second-order valence-electron chi connectivity index (χ2n) is 4.09. The van der Waals surface area contributed by atoms with Crippen molar-refractivity contribution in [1.29, 1.82) is 0 Å². The number of anilines is 1. The molecule has 0 saturated carbocycles. The first-order valence-corrected chi connectivity index (χ1v) is 6.79. The van der Waals surface area contributed by atoms with Crippen molar-refractivity contribution in [1.82, 2.24) is 5.16 Å². The van der Waals surface area contributed by atoms with Gasteiger partial charge in [-0.1, -0.05) is 34.9 Å². The maximum Gasteiger partial charge on any atom is 0.173 e. The zero-order valence-corrected chi connectivity index (χ0v) is 12.7. The highest BCUT2D eigenvalue weighted by molar-refractivity contribution is 9.11. The van der Waals surface area contributed by atoms with E-state index in [4.69, 9.17) is 10.3 Å². The Labute approximate surface area is 117 Å². The quantitative estimate of drug-likeness (QED) is 0.854. The lowest BCUT2D eigenvalue weighted by Gasteiger charge is -2.07. The van der Waals surface area contributed by atoms with Gasteiger partial charge in [0, 0.05) is 20.1 Å². The predicted molar refractivity (Wildman–Crippen MR) is 75.8 cm³/mol. The first kappa shape index (κ1) is 12.6. The van der Waals surface area contributed by atoms with Crippen molar-refractivity contribution < 1.29 is 4.52 Å². The van der Waals surface area contributed by atoms with Gasteiger partial charge in [0.2, 0.25) is 0 Å². The van der Waals surface area contributed by atoms with Crippen LogP contribution in [-0.4, -0.2) is 5.16 Å². The summed E-state index contributed by atoms with van der Waals surface area (Å²) in [5.41, 5.74) is 7.74. The Morgan fingerprint density at radius 1 is 1.29 bits per heavy atom. The van der Waals surface area contributed by atoms with E-state index in [1.807, 2.05) is 18.2 Å². The Hall–Kier alpha value is -0.810. The van der Waals surface area contributed by atoms with E-state index in [2.05, 4.69) is 50.9 Å². The molecule has 0 fully saturated rings. The minimum atomic E-state index is 0.270. The number of nitrogens with zero attached hydrogens (tertiary/aromatic N) is 1. The van der Waals surface area contributed by atoms with E-state index in [-0.39, 0.29) is 5.92 Å². The van der Waals surface area contributed by atoms with Crippen molar-refractivity contribution in [3.63, 3.8) is 0 Å². The molecule has 2 aromatic rings. The molecule has 2 rings (SSSR count). The third kappa shape index (κ3) is 2.40. The number of hydrogen-bond acceptors (Lipinski definition) is 3. The molecule has 0 unspecified atom stereocenters. The number of nitrogens with two attached hydrogens (primary N) is 1. The Bertz CT molecular complexity index is 549. The summed E-state index contributed by atoms with van der Waals surface area (Å²) in [4.78, 5) is 0. The molecule has 0 aliphatic rings. The molecule has 1 aromatic carbocycles. The van der Waals surface area contributed by atoms with Crippen LogP contribution in [0.2, 0.25) is 0 Å². The lowest BCUT2D eigenvalue weighted by atomic mass is 9.99. The van der Waals surface area contributed by atoms with E-state index < -0.39 is 0 Å². The summed E-state index contributed by atoms with van der Waals surface area (Å²) in [7, 11) is 0. The van der Waals surface area contributed by atoms with E-state index >= 15 is 0 Å². The van der Waals surface area contributed by atoms with Gasteiger partial charge in [0.1, 0.15) is 0 Å². The number of hydrogen-bond donors (Lipinski definition) is 1. The Kier molecular flexibility index (Phi) is 3.58. The zero-order chi connectivity index (χ0) is 12.6. The average Bonchev–Trinajstić information content (AvgIpc) is 2.60. The van der Waals surface area contributed by atoms with Crippen molar-refractivity contribution in [3.8, 4) is 11.3 Å². The maximum absolute atomic E-state index is 5.83. The van der Waals surface area contributed by atoms with Gasteiger partial charge in [-0.05, 0) is 40.0 Å². The van der Waals surface area contributed by atoms with Crippen LogP contribution in [-0.2, 0) is 0 Å². The molecule has 2 N–H and O–H groups in total. The minimum absolute atomic E-state index is 0.270. The highest BCUT2D eigenvalue weighted by atomic mass is 79.9. The van der Waals surface area contributed by atoms with Crippen LogP contribution in [0.4, 0.5) is 5.82 Å². The predicted octanol–water partition coefficient (Wildman–Crippen LogP) is 4.57. The highest BCUT2D eigenvalue weighted by Gasteiger charge is 2.20. The molecule has 3 nitrogen and oxygen atoms in total. The van der Waals surface area contributed by atoms with Crippen LogP contribution < -0.4 is 5.73 Å². The molecular formula is C12H12Br2N2O. The molecule has 90 valence electrons. The van der Waals surface area contributed by atoms with Crippen LogP contribution in [0.15, 0.2) is 31.7 Å². The lowest BCUT2D eigenvalue weighted by molar-refractivity contribution is 0.434. The average molecular weight is 360 g/mol. The van der Waals surface area contributed by atoms with Gasteiger partial charge < -0.3 is 10.3 Å². The molecule has 0 atom stereocenters. The van der Waals surface area contributed by atoms with Crippen molar-refractivity contribution in [2.75, 3.05) is 5.73 Å². The van der Waals surface area contributed by atoms with E-state index in [1.165, 1.54) is 0 Å². The van der Waals surface area contributed by atoms with Gasteiger partial charge in [0.05, 0.1) is 0 Å². The first-order valence-electron chi connectivity index (χ1n) is 5.21. The highest BCUT2D eigenvalue weighted by Crippen LogP contribution is 2.37. The smallest absolute Gasteiger partial charge is 0.173 e. The molecule has 1 aromatic heterocycles. The third-order valence-corrected chi connectivity index (χ3v) is 3.66. The largest absolute Gasteiger partial charge is 0.381 e. The van der Waals surface area contributed by atoms with Crippen LogP contribution in [0, 0.1) is 0 Å². The zero-order valence-electron chi connectivity index (χ0n) is 9.50. The fourth-order valence-corrected chi connectivity index (χ4v) is 2.96. The van der Waals surface area contributed by atoms with Crippen molar-refractivity contribution in [2.24, 2.45) is 0 Å². The summed E-state index contributed by atoms with van der Waals surface area (Å²) >= 11 is 6.94. The molecular weight excluding hydrogens is 348 g/mol. The molecule has 0 amide bonds. The molecule has 0 aliphatic heterocycles. The van der Waals surface area contributed by atoms with E-state index in [1.54, 1.807) is 0 Å². The van der Waals surface area contributed by atoms with Crippen LogP contribution in [0.3, 0.4) is 0 Å². The number of aromatic nitrogens is 1. The number of benzene rings is 1. The summed E-state index contributed by atoms with van der Waals surface area (Å²) in [6.45, 7) is 4.14. The Morgan fingerprint density at radius 3 is 2.59 bits per heavy atom.